The Hall–Kier alpha value is 0.330. The van der Waals surface area contributed by atoms with E-state index in [-0.39, 0.29) is 29.6 Å². The number of rotatable bonds is 0. The molecule has 0 spiro atoms. The molecule has 0 N–H and O–H groups in total. The summed E-state index contributed by atoms with van der Waals surface area (Å²) in [6, 6.07) is 1.83. The summed E-state index contributed by atoms with van der Waals surface area (Å²) in [6.45, 7) is 0. The standard InChI is InChI=1S/C7H5ClN2S.Na.H/c8-6-5(11)1-3-10-4-2-9-7(6)10;;/h1-4,11H;;. The van der Waals surface area contributed by atoms with Crippen LogP contribution in [0, 0.1) is 0 Å². The van der Waals surface area contributed by atoms with Crippen molar-refractivity contribution in [2.24, 2.45) is 0 Å². The Bertz CT molecular complexity index is 401. The SMILES string of the molecule is Sc1ccn2ccnc2c1Cl.[NaH]. The third kappa shape index (κ3) is 1.65. The number of halogens is 1. The molecule has 5 heteroatoms. The Morgan fingerprint density at radius 1 is 1.42 bits per heavy atom. The van der Waals surface area contributed by atoms with Crippen LogP contribution in [0.1, 0.15) is 0 Å². The van der Waals surface area contributed by atoms with E-state index < -0.39 is 0 Å². The summed E-state index contributed by atoms with van der Waals surface area (Å²) in [7, 11) is 0. The average molecular weight is 209 g/mol. The summed E-state index contributed by atoms with van der Waals surface area (Å²) in [6.07, 6.45) is 5.42. The molecule has 0 saturated heterocycles. The van der Waals surface area contributed by atoms with Gasteiger partial charge in [-0.1, -0.05) is 11.6 Å². The average Bonchev–Trinajstić information content (AvgIpc) is 2.45. The van der Waals surface area contributed by atoms with Crippen LogP contribution in [0.15, 0.2) is 29.6 Å². The van der Waals surface area contributed by atoms with Crippen molar-refractivity contribution < 1.29 is 0 Å². The topological polar surface area (TPSA) is 17.3 Å². The number of thiol groups is 1. The Labute approximate surface area is 103 Å². The van der Waals surface area contributed by atoms with Gasteiger partial charge in [0.25, 0.3) is 0 Å². The van der Waals surface area contributed by atoms with Gasteiger partial charge < -0.3 is 4.40 Å². The molecule has 2 nitrogen and oxygen atoms in total. The summed E-state index contributed by atoms with van der Waals surface area (Å²) in [5.41, 5.74) is 0.749. The quantitative estimate of drug-likeness (QED) is 0.515. The normalized spacial score (nSPS) is 9.83. The molecule has 0 aromatic carbocycles. The summed E-state index contributed by atoms with van der Waals surface area (Å²) in [5, 5.41) is 0.598. The molecular formula is C7H6ClN2NaS. The first kappa shape index (κ1) is 10.4. The van der Waals surface area contributed by atoms with Crippen molar-refractivity contribution in [3.05, 3.63) is 29.7 Å². The number of fused-ring (bicyclic) bond motifs is 1. The summed E-state index contributed by atoms with van der Waals surface area (Å²) in [5.74, 6) is 0. The second-order valence-electron chi connectivity index (χ2n) is 2.17. The first-order valence-electron chi connectivity index (χ1n) is 3.09. The fraction of sp³-hybridized carbons (Fsp3) is 0. The van der Waals surface area contributed by atoms with E-state index in [2.05, 4.69) is 17.6 Å². The molecule has 0 aliphatic carbocycles. The predicted octanol–water partition coefficient (Wildman–Crippen LogP) is 1.63. The van der Waals surface area contributed by atoms with E-state index in [0.717, 1.165) is 10.5 Å². The predicted molar refractivity (Wildman–Crippen MR) is 54.6 cm³/mol. The number of aromatic nitrogens is 2. The van der Waals surface area contributed by atoms with E-state index in [1.165, 1.54) is 0 Å². The van der Waals surface area contributed by atoms with Crippen LogP contribution in [0.2, 0.25) is 5.02 Å². The number of pyridine rings is 1. The third-order valence-electron chi connectivity index (χ3n) is 1.48. The van der Waals surface area contributed by atoms with E-state index >= 15 is 0 Å². The molecule has 2 aromatic heterocycles. The first-order valence-corrected chi connectivity index (χ1v) is 3.91. The molecule has 2 aromatic rings. The minimum absolute atomic E-state index is 0. The zero-order chi connectivity index (χ0) is 7.84. The molecule has 2 rings (SSSR count). The van der Waals surface area contributed by atoms with Crippen LogP contribution in [-0.4, -0.2) is 38.9 Å². The summed E-state index contributed by atoms with van der Waals surface area (Å²) < 4.78 is 1.85. The number of nitrogens with zero attached hydrogens (tertiary/aromatic N) is 2. The molecule has 0 unspecified atom stereocenters. The van der Waals surface area contributed by atoms with Gasteiger partial charge in [-0.2, -0.15) is 0 Å². The van der Waals surface area contributed by atoms with Gasteiger partial charge in [0.05, 0.1) is 5.02 Å². The molecule has 0 fully saturated rings. The van der Waals surface area contributed by atoms with Crippen molar-refractivity contribution in [2.45, 2.75) is 4.90 Å². The molecule has 2 heterocycles. The second kappa shape index (κ2) is 4.03. The van der Waals surface area contributed by atoms with Gasteiger partial charge in [-0.3, -0.25) is 0 Å². The monoisotopic (exact) mass is 208 g/mol. The molecule has 12 heavy (non-hydrogen) atoms. The van der Waals surface area contributed by atoms with E-state index in [4.69, 9.17) is 11.6 Å². The van der Waals surface area contributed by atoms with Crippen molar-refractivity contribution >= 4 is 59.4 Å². The van der Waals surface area contributed by atoms with Crippen LogP contribution in [0.3, 0.4) is 0 Å². The fourth-order valence-electron chi connectivity index (χ4n) is 0.942. The van der Waals surface area contributed by atoms with E-state index in [1.54, 1.807) is 6.20 Å². The van der Waals surface area contributed by atoms with Gasteiger partial charge in [-0.05, 0) is 6.07 Å². The van der Waals surface area contributed by atoms with Crippen molar-refractivity contribution in [3.8, 4) is 0 Å². The first-order chi connectivity index (χ1) is 5.29. The van der Waals surface area contributed by atoms with E-state index in [0.29, 0.717) is 5.02 Å². The molecule has 0 amide bonds. The molecule has 0 bridgehead atoms. The molecular weight excluding hydrogens is 203 g/mol. The van der Waals surface area contributed by atoms with Crippen molar-refractivity contribution in [3.63, 3.8) is 0 Å². The van der Waals surface area contributed by atoms with Gasteiger partial charge in [0.15, 0.2) is 5.65 Å². The van der Waals surface area contributed by atoms with Gasteiger partial charge in [0.2, 0.25) is 0 Å². The third-order valence-corrected chi connectivity index (χ3v) is 2.36. The van der Waals surface area contributed by atoms with Crippen LogP contribution in [0.25, 0.3) is 5.65 Å². The van der Waals surface area contributed by atoms with E-state index in [1.807, 2.05) is 22.9 Å². The molecule has 0 aliphatic rings. The van der Waals surface area contributed by atoms with E-state index in [9.17, 15) is 0 Å². The van der Waals surface area contributed by atoms with Crippen LogP contribution in [0.5, 0.6) is 0 Å². The molecule has 0 aliphatic heterocycles. The molecule has 0 radical (unpaired) electrons. The number of hydrogen-bond acceptors (Lipinski definition) is 2. The van der Waals surface area contributed by atoms with Crippen molar-refractivity contribution in [2.75, 3.05) is 0 Å². The van der Waals surface area contributed by atoms with Crippen LogP contribution in [0.4, 0.5) is 0 Å². The van der Waals surface area contributed by atoms with Gasteiger partial charge in [0, 0.05) is 23.5 Å². The van der Waals surface area contributed by atoms with Crippen molar-refractivity contribution in [1.29, 1.82) is 0 Å². The Kier molecular flexibility index (Phi) is 3.49. The van der Waals surface area contributed by atoms with Crippen LogP contribution >= 0.6 is 24.2 Å². The number of imidazole rings is 1. The molecule has 0 saturated carbocycles. The zero-order valence-electron chi connectivity index (χ0n) is 5.53. The summed E-state index contributed by atoms with van der Waals surface area (Å²) >= 11 is 10.1. The second-order valence-corrected chi connectivity index (χ2v) is 3.03. The number of hydrogen-bond donors (Lipinski definition) is 1. The maximum absolute atomic E-state index is 5.91. The summed E-state index contributed by atoms with van der Waals surface area (Å²) in [4.78, 5) is 4.82. The van der Waals surface area contributed by atoms with Crippen LogP contribution < -0.4 is 0 Å². The van der Waals surface area contributed by atoms with Gasteiger partial charge >= 0.3 is 29.6 Å². The Morgan fingerprint density at radius 3 is 2.92 bits per heavy atom. The molecule has 0 atom stereocenters. The van der Waals surface area contributed by atoms with Crippen molar-refractivity contribution in [1.82, 2.24) is 9.38 Å². The van der Waals surface area contributed by atoms with Gasteiger partial charge in [-0.15, -0.1) is 12.6 Å². The maximum atomic E-state index is 5.91. The molecule has 58 valence electrons. The minimum atomic E-state index is 0. The Morgan fingerprint density at radius 2 is 2.17 bits per heavy atom. The van der Waals surface area contributed by atoms with Gasteiger partial charge in [0.1, 0.15) is 0 Å². The zero-order valence-corrected chi connectivity index (χ0v) is 7.18. The fourth-order valence-corrected chi connectivity index (χ4v) is 1.32. The Balaban J connectivity index is 0.000000720. The van der Waals surface area contributed by atoms with Crippen LogP contribution in [-0.2, 0) is 0 Å². The van der Waals surface area contributed by atoms with Gasteiger partial charge in [-0.25, -0.2) is 4.98 Å².